The Balaban J connectivity index is 2.21. The third kappa shape index (κ3) is 2.27. The van der Waals surface area contributed by atoms with Crippen molar-refractivity contribution in [3.63, 3.8) is 0 Å². The van der Waals surface area contributed by atoms with Gasteiger partial charge < -0.3 is 9.57 Å². The Morgan fingerprint density at radius 1 is 1.05 bits per heavy atom. The van der Waals surface area contributed by atoms with Crippen molar-refractivity contribution in [3.05, 3.63) is 63.6 Å². The molecule has 0 bridgehead atoms. The lowest BCUT2D eigenvalue weighted by Gasteiger charge is -2.23. The van der Waals surface area contributed by atoms with Gasteiger partial charge in [-0.1, -0.05) is 46.6 Å². The minimum absolute atomic E-state index is 0.476. The molecule has 0 radical (unpaired) electrons. The maximum absolute atomic E-state index is 6.04. The molecule has 2 aromatic rings. The van der Waals surface area contributed by atoms with Crippen LogP contribution in [0, 0.1) is 0 Å². The first kappa shape index (κ1) is 14.2. The third-order valence-corrected chi connectivity index (χ3v) is 4.20. The molecule has 5 heteroatoms. The molecule has 0 amide bonds. The summed E-state index contributed by atoms with van der Waals surface area (Å²) in [5.74, 6) is 1.17. The molecule has 3 nitrogen and oxygen atoms in total. The van der Waals surface area contributed by atoms with Gasteiger partial charge in [0, 0.05) is 15.6 Å². The maximum atomic E-state index is 6.04. The van der Waals surface area contributed by atoms with Gasteiger partial charge in [-0.3, -0.25) is 0 Å². The van der Waals surface area contributed by atoms with Crippen molar-refractivity contribution in [2.75, 3.05) is 7.11 Å². The molecule has 2 aromatic carbocycles. The quantitative estimate of drug-likeness (QED) is 0.754. The number of nitrogens with zero attached hydrogens (tertiary/aromatic N) is 1. The van der Waals surface area contributed by atoms with Crippen LogP contribution in [0.25, 0.3) is 0 Å². The smallest absolute Gasteiger partial charge is 0.246 e. The average molecular weight is 322 g/mol. The van der Waals surface area contributed by atoms with Crippen molar-refractivity contribution in [2.24, 2.45) is 5.16 Å². The van der Waals surface area contributed by atoms with E-state index in [1.54, 1.807) is 6.07 Å². The second-order valence-electron chi connectivity index (χ2n) is 4.95. The Hall–Kier alpha value is -1.71. The van der Waals surface area contributed by atoms with Gasteiger partial charge >= 0.3 is 0 Å². The molecule has 3 rings (SSSR count). The molecule has 0 aromatic heterocycles. The number of halogens is 2. The maximum Gasteiger partial charge on any atom is 0.246 e. The molecule has 0 aliphatic carbocycles. The number of oxime groups is 1. The van der Waals surface area contributed by atoms with Crippen molar-refractivity contribution in [2.45, 2.75) is 12.3 Å². The highest BCUT2D eigenvalue weighted by Gasteiger charge is 2.45. The van der Waals surface area contributed by atoms with E-state index in [4.69, 9.17) is 32.8 Å². The van der Waals surface area contributed by atoms with Crippen LogP contribution in [-0.2, 0) is 10.3 Å². The molecule has 1 heterocycles. The van der Waals surface area contributed by atoms with Crippen molar-refractivity contribution in [3.8, 4) is 5.75 Å². The van der Waals surface area contributed by atoms with Gasteiger partial charge in [0.25, 0.3) is 0 Å². The van der Waals surface area contributed by atoms with Crippen LogP contribution in [0.15, 0.2) is 47.6 Å². The summed E-state index contributed by atoms with van der Waals surface area (Å²) in [5, 5.41) is 5.34. The summed E-state index contributed by atoms with van der Waals surface area (Å²) in [6.45, 7) is 2.04. The summed E-state index contributed by atoms with van der Waals surface area (Å²) >= 11 is 12.0. The number of hydrogen-bond acceptors (Lipinski definition) is 3. The zero-order chi connectivity index (χ0) is 15.0. The van der Waals surface area contributed by atoms with E-state index >= 15 is 0 Å². The molecule has 1 aliphatic rings. The van der Waals surface area contributed by atoms with Gasteiger partial charge in [-0.05, 0) is 36.8 Å². The van der Waals surface area contributed by atoms with E-state index < -0.39 is 5.41 Å². The molecular weight excluding hydrogens is 309 g/mol. The first-order chi connectivity index (χ1) is 10.1. The predicted octanol–water partition coefficient (Wildman–Crippen LogP) is 4.65. The average Bonchev–Trinajstić information content (AvgIpc) is 2.73. The molecule has 1 unspecified atom stereocenters. The Bertz CT molecular complexity index is 713. The molecule has 0 N–H and O–H groups in total. The van der Waals surface area contributed by atoms with Gasteiger partial charge in [0.15, 0.2) is 0 Å². The minimum Gasteiger partial charge on any atom is -0.438 e. The molecule has 0 saturated heterocycles. The fourth-order valence-electron chi connectivity index (χ4n) is 2.57. The van der Waals surface area contributed by atoms with Crippen LogP contribution in [0.3, 0.4) is 0 Å². The predicted molar refractivity (Wildman–Crippen MR) is 84.4 cm³/mol. The Morgan fingerprint density at radius 2 is 1.71 bits per heavy atom. The lowest BCUT2D eigenvalue weighted by Crippen LogP contribution is -2.32. The van der Waals surface area contributed by atoms with E-state index in [1.165, 1.54) is 7.11 Å². The van der Waals surface area contributed by atoms with Gasteiger partial charge in [0.1, 0.15) is 18.3 Å². The van der Waals surface area contributed by atoms with Gasteiger partial charge in [0.2, 0.25) is 5.90 Å². The molecule has 0 spiro atoms. The first-order valence-electron chi connectivity index (χ1n) is 6.41. The summed E-state index contributed by atoms with van der Waals surface area (Å²) in [7, 11) is 1.49. The van der Waals surface area contributed by atoms with Crippen molar-refractivity contribution in [1.29, 1.82) is 0 Å². The molecule has 0 fully saturated rings. The molecule has 1 aliphatic heterocycles. The second-order valence-corrected chi connectivity index (χ2v) is 5.83. The van der Waals surface area contributed by atoms with E-state index in [1.807, 2.05) is 43.3 Å². The van der Waals surface area contributed by atoms with Crippen LogP contribution in [0.5, 0.6) is 5.75 Å². The van der Waals surface area contributed by atoms with Gasteiger partial charge in [-0.15, -0.1) is 0 Å². The molecule has 0 saturated carbocycles. The largest absolute Gasteiger partial charge is 0.438 e. The fraction of sp³-hybridized carbons (Fsp3) is 0.188. The SMILES string of the molecule is CON=C1Oc2cc(Cl)ccc2C1(C)c1ccc(Cl)cc1. The molecule has 21 heavy (non-hydrogen) atoms. The Kier molecular flexibility index (Phi) is 3.56. The zero-order valence-corrected chi connectivity index (χ0v) is 13.1. The number of benzene rings is 2. The monoisotopic (exact) mass is 321 g/mol. The summed E-state index contributed by atoms with van der Waals surface area (Å²) in [4.78, 5) is 4.93. The van der Waals surface area contributed by atoms with Crippen molar-refractivity contribution in [1.82, 2.24) is 0 Å². The van der Waals surface area contributed by atoms with E-state index in [9.17, 15) is 0 Å². The highest BCUT2D eigenvalue weighted by Crippen LogP contribution is 2.45. The van der Waals surface area contributed by atoms with Crippen LogP contribution < -0.4 is 4.74 Å². The van der Waals surface area contributed by atoms with Crippen LogP contribution in [0.1, 0.15) is 18.1 Å². The number of hydrogen-bond donors (Lipinski definition) is 0. The summed E-state index contributed by atoms with van der Waals surface area (Å²) in [6.07, 6.45) is 0. The topological polar surface area (TPSA) is 30.8 Å². The highest BCUT2D eigenvalue weighted by atomic mass is 35.5. The van der Waals surface area contributed by atoms with E-state index in [2.05, 4.69) is 5.16 Å². The molecule has 1 atom stereocenters. The third-order valence-electron chi connectivity index (χ3n) is 3.71. The van der Waals surface area contributed by atoms with Crippen molar-refractivity contribution >= 4 is 29.1 Å². The zero-order valence-electron chi connectivity index (χ0n) is 11.6. The summed E-state index contributed by atoms with van der Waals surface area (Å²) in [6, 6.07) is 13.2. The normalized spacial score (nSPS) is 22.0. The van der Waals surface area contributed by atoms with E-state index in [-0.39, 0.29) is 0 Å². The molecule has 108 valence electrons. The standard InChI is InChI=1S/C16H13Cl2NO2/c1-16(10-3-5-11(17)6-4-10)13-8-7-12(18)9-14(13)21-15(16)19-20-2/h3-9H,1-2H3. The Labute approximate surface area is 133 Å². The number of fused-ring (bicyclic) bond motifs is 1. The first-order valence-corrected chi connectivity index (χ1v) is 7.17. The summed E-state index contributed by atoms with van der Waals surface area (Å²) < 4.78 is 5.84. The van der Waals surface area contributed by atoms with E-state index in [0.29, 0.717) is 21.7 Å². The van der Waals surface area contributed by atoms with Gasteiger partial charge in [0.05, 0.1) is 0 Å². The number of rotatable bonds is 2. The van der Waals surface area contributed by atoms with Gasteiger partial charge in [-0.2, -0.15) is 0 Å². The van der Waals surface area contributed by atoms with Crippen LogP contribution >= 0.6 is 23.2 Å². The lowest BCUT2D eigenvalue weighted by atomic mass is 9.77. The van der Waals surface area contributed by atoms with Crippen LogP contribution in [-0.4, -0.2) is 13.0 Å². The highest BCUT2D eigenvalue weighted by molar-refractivity contribution is 6.31. The van der Waals surface area contributed by atoms with E-state index in [0.717, 1.165) is 11.1 Å². The van der Waals surface area contributed by atoms with Gasteiger partial charge in [-0.25, -0.2) is 0 Å². The van der Waals surface area contributed by atoms with Crippen molar-refractivity contribution < 1.29 is 9.57 Å². The lowest BCUT2D eigenvalue weighted by molar-refractivity contribution is 0.203. The molecular formula is C16H13Cl2NO2. The minimum atomic E-state index is -0.541. The van der Waals surface area contributed by atoms with Crippen LogP contribution in [0.4, 0.5) is 0 Å². The van der Waals surface area contributed by atoms with Crippen LogP contribution in [0.2, 0.25) is 10.0 Å². The second kappa shape index (κ2) is 5.24. The number of ether oxygens (including phenoxy) is 1. The Morgan fingerprint density at radius 3 is 2.38 bits per heavy atom. The summed E-state index contributed by atoms with van der Waals surface area (Å²) in [5.41, 5.74) is 1.47. The fourth-order valence-corrected chi connectivity index (χ4v) is 2.86.